The minimum atomic E-state index is -1.78. The van der Waals surface area contributed by atoms with Gasteiger partial charge in [-0.3, -0.25) is 4.79 Å². The molecule has 252 valence electrons. The highest BCUT2D eigenvalue weighted by Gasteiger charge is 2.51. The zero-order valence-corrected chi connectivity index (χ0v) is 24.3. The Labute approximate surface area is 250 Å². The summed E-state index contributed by atoms with van der Waals surface area (Å²) >= 11 is 0. The van der Waals surface area contributed by atoms with E-state index in [-0.39, 0.29) is 38.1 Å². The van der Waals surface area contributed by atoms with E-state index in [1.54, 1.807) is 0 Å². The maximum atomic E-state index is 12.9. The first-order chi connectivity index (χ1) is 20.5. The average Bonchev–Trinajstić information content (AvgIpc) is 3.00. The molecular weight excluding hydrogens is 572 g/mol. The minimum Gasteiger partial charge on any atom is -0.394 e. The van der Waals surface area contributed by atoms with Crippen LogP contribution in [0.25, 0.3) is 0 Å². The molecule has 17 nitrogen and oxygen atoms in total. The van der Waals surface area contributed by atoms with Gasteiger partial charge < -0.3 is 83.6 Å². The van der Waals surface area contributed by atoms with Crippen molar-refractivity contribution in [3.8, 4) is 0 Å². The Hall–Kier alpha value is -0.970. The minimum absolute atomic E-state index is 0.0583. The number of nitrogens with two attached hydrogens (primary N) is 5. The van der Waals surface area contributed by atoms with Crippen molar-refractivity contribution in [3.05, 3.63) is 0 Å². The van der Waals surface area contributed by atoms with Crippen molar-refractivity contribution in [2.45, 2.75) is 118 Å². The summed E-state index contributed by atoms with van der Waals surface area (Å²) in [6.07, 6.45) is -12.1. The van der Waals surface area contributed by atoms with Gasteiger partial charge in [0.1, 0.15) is 36.6 Å². The summed E-state index contributed by atoms with van der Waals surface area (Å²) in [7, 11) is 0. The van der Waals surface area contributed by atoms with Crippen LogP contribution in [-0.2, 0) is 23.7 Å². The Bertz CT molecular complexity index is 847. The fraction of sp³-hybridized carbons (Fsp3) is 0.962. The normalized spacial score (nSPS) is 42.0. The monoisotopic (exact) mass is 624 g/mol. The molecule has 3 unspecified atom stereocenters. The molecule has 1 aliphatic carbocycles. The summed E-state index contributed by atoms with van der Waals surface area (Å²) in [5, 5.41) is 65.7. The van der Waals surface area contributed by atoms with Crippen LogP contribution in [0.1, 0.15) is 32.1 Å². The quantitative estimate of drug-likeness (QED) is 0.0753. The molecule has 3 aliphatic rings. The maximum absolute atomic E-state index is 12.9. The highest BCUT2D eigenvalue weighted by Crippen LogP contribution is 2.36. The number of nitrogens with one attached hydrogen (secondary N) is 1. The Balaban J connectivity index is 1.85. The van der Waals surface area contributed by atoms with Crippen LogP contribution in [0.15, 0.2) is 0 Å². The second kappa shape index (κ2) is 17.1. The van der Waals surface area contributed by atoms with Gasteiger partial charge in [0.15, 0.2) is 18.4 Å². The number of carbonyl (C=O) groups is 1. The largest absolute Gasteiger partial charge is 0.394 e. The van der Waals surface area contributed by atoms with Crippen LogP contribution in [0.2, 0.25) is 0 Å². The smallest absolute Gasteiger partial charge is 0.186 e. The predicted molar refractivity (Wildman–Crippen MR) is 151 cm³/mol. The van der Waals surface area contributed by atoms with Gasteiger partial charge in [0.05, 0.1) is 37.0 Å². The molecule has 17 heteroatoms. The fourth-order valence-corrected chi connectivity index (χ4v) is 5.91. The lowest BCUT2D eigenvalue weighted by Crippen LogP contribution is -2.66. The van der Waals surface area contributed by atoms with Crippen molar-refractivity contribution in [2.24, 2.45) is 34.6 Å². The molecule has 2 aliphatic heterocycles. The zero-order valence-electron chi connectivity index (χ0n) is 24.3. The standard InChI is InChI=1S/C26H52N6O11/c27-4-1-5-32-14-3-2-12(8-28)40-25(14)43-24-13(30)6-11(7-15(34)19(36)16(35)9-29)23(22(24)39)42-26-21(38)18(31)20(37)17(10-33)41-26/h11-14,16-26,32-33,35-39H,1-10,27-31H2/t11-,12-,13-,14+,16?,17+,18-,19?,20+,21+,22+,23-,24?,25+,26+/m0/s1. The van der Waals surface area contributed by atoms with E-state index in [9.17, 15) is 35.4 Å². The summed E-state index contributed by atoms with van der Waals surface area (Å²) in [4.78, 5) is 12.9. The number of aliphatic hydroxyl groups excluding tert-OH is 6. The van der Waals surface area contributed by atoms with Crippen molar-refractivity contribution in [2.75, 3.05) is 32.8 Å². The average molecular weight is 625 g/mol. The second-order valence-corrected chi connectivity index (χ2v) is 11.7. The first-order valence-corrected chi connectivity index (χ1v) is 15.0. The predicted octanol–water partition coefficient (Wildman–Crippen LogP) is -6.36. The number of carbonyl (C=O) groups excluding carboxylic acids is 1. The number of hydrogen-bond acceptors (Lipinski definition) is 17. The lowest BCUT2D eigenvalue weighted by molar-refractivity contribution is -0.318. The molecule has 0 spiro atoms. The van der Waals surface area contributed by atoms with E-state index in [1.807, 2.05) is 0 Å². The third-order valence-corrected chi connectivity index (χ3v) is 8.56. The third kappa shape index (κ3) is 9.07. The van der Waals surface area contributed by atoms with Gasteiger partial charge >= 0.3 is 0 Å². The molecule has 3 rings (SSSR count). The van der Waals surface area contributed by atoms with Crippen molar-refractivity contribution in [1.29, 1.82) is 0 Å². The van der Waals surface area contributed by atoms with Crippen molar-refractivity contribution in [3.63, 3.8) is 0 Å². The van der Waals surface area contributed by atoms with Gasteiger partial charge in [0, 0.05) is 25.6 Å². The van der Waals surface area contributed by atoms with Gasteiger partial charge in [-0.1, -0.05) is 0 Å². The zero-order chi connectivity index (χ0) is 31.8. The summed E-state index contributed by atoms with van der Waals surface area (Å²) < 4.78 is 24.0. The molecule has 0 aromatic rings. The number of aliphatic hydroxyl groups is 6. The van der Waals surface area contributed by atoms with Crippen LogP contribution in [0, 0.1) is 5.92 Å². The molecule has 0 radical (unpaired) electrons. The van der Waals surface area contributed by atoms with Gasteiger partial charge in [0.25, 0.3) is 0 Å². The first-order valence-electron chi connectivity index (χ1n) is 15.0. The van der Waals surface area contributed by atoms with Crippen LogP contribution in [0.5, 0.6) is 0 Å². The van der Waals surface area contributed by atoms with Crippen molar-refractivity contribution < 1.29 is 54.4 Å². The summed E-state index contributed by atoms with van der Waals surface area (Å²) in [5.74, 6) is -1.60. The molecule has 0 bridgehead atoms. The van der Waals surface area contributed by atoms with Gasteiger partial charge in [-0.2, -0.15) is 0 Å². The molecule has 17 N–H and O–H groups in total. The highest BCUT2D eigenvalue weighted by molar-refractivity contribution is 5.83. The Kier molecular flexibility index (Phi) is 14.5. The molecular formula is C26H52N6O11. The van der Waals surface area contributed by atoms with E-state index in [0.29, 0.717) is 25.9 Å². The maximum Gasteiger partial charge on any atom is 0.186 e. The van der Waals surface area contributed by atoms with Gasteiger partial charge in [-0.25, -0.2) is 0 Å². The van der Waals surface area contributed by atoms with Crippen molar-refractivity contribution in [1.82, 2.24) is 5.32 Å². The molecule has 0 amide bonds. The Morgan fingerprint density at radius 2 is 1.65 bits per heavy atom. The number of Topliss-reactive ketones (excluding diaryl/α,β-unsaturated/α-hetero) is 1. The van der Waals surface area contributed by atoms with Crippen LogP contribution in [0.3, 0.4) is 0 Å². The highest BCUT2D eigenvalue weighted by atomic mass is 16.7. The topological polar surface area (TPSA) is 318 Å². The van der Waals surface area contributed by atoms with Gasteiger partial charge in [-0.05, 0) is 44.7 Å². The Morgan fingerprint density at radius 3 is 2.28 bits per heavy atom. The number of rotatable bonds is 15. The van der Waals surface area contributed by atoms with E-state index in [1.165, 1.54) is 0 Å². The van der Waals surface area contributed by atoms with Crippen LogP contribution >= 0.6 is 0 Å². The SMILES string of the molecule is NCCCN[C@@H]1CC[C@@H](CN)O[C@@H]1OC1[C@@H](N)C[C@@H](CC(=O)C(O)C(O)CN)[C@H](O[C@H]2O[C@H](CO)[C@@H](O)[C@H](N)[C@H]2O)[C@H]1O. The second-order valence-electron chi connectivity index (χ2n) is 11.7. The number of hydrogen-bond donors (Lipinski definition) is 12. The molecule has 0 aromatic heterocycles. The van der Waals surface area contributed by atoms with Crippen molar-refractivity contribution >= 4 is 5.78 Å². The van der Waals surface area contributed by atoms with E-state index < -0.39 is 91.8 Å². The number of ether oxygens (including phenoxy) is 4. The third-order valence-electron chi connectivity index (χ3n) is 8.56. The summed E-state index contributed by atoms with van der Waals surface area (Å²) in [5.41, 5.74) is 29.3. The molecule has 1 saturated carbocycles. The molecule has 2 saturated heterocycles. The fourth-order valence-electron chi connectivity index (χ4n) is 5.91. The molecule has 3 fully saturated rings. The summed E-state index contributed by atoms with van der Waals surface area (Å²) in [6, 6.07) is -2.34. The molecule has 15 atom stereocenters. The lowest BCUT2D eigenvalue weighted by Gasteiger charge is -2.48. The van der Waals surface area contributed by atoms with Gasteiger partial charge in [-0.15, -0.1) is 0 Å². The van der Waals surface area contributed by atoms with Crippen LogP contribution in [-0.4, -0.2) is 155 Å². The number of ketones is 1. The van der Waals surface area contributed by atoms with E-state index >= 15 is 0 Å². The first kappa shape index (κ1) is 36.5. The van der Waals surface area contributed by atoms with E-state index in [2.05, 4.69) is 5.32 Å². The van der Waals surface area contributed by atoms with Gasteiger partial charge in [0.2, 0.25) is 0 Å². The molecule has 2 heterocycles. The Morgan fingerprint density at radius 1 is 0.953 bits per heavy atom. The van der Waals surface area contributed by atoms with E-state index in [0.717, 1.165) is 6.42 Å². The lowest BCUT2D eigenvalue weighted by atomic mass is 9.76. The molecule has 43 heavy (non-hydrogen) atoms. The summed E-state index contributed by atoms with van der Waals surface area (Å²) in [6.45, 7) is 0.380. The molecule has 0 aromatic carbocycles. The van der Waals surface area contributed by atoms with Crippen LogP contribution < -0.4 is 34.0 Å². The van der Waals surface area contributed by atoms with E-state index in [4.69, 9.17) is 47.6 Å². The van der Waals surface area contributed by atoms with Crippen LogP contribution in [0.4, 0.5) is 0 Å².